The van der Waals surface area contributed by atoms with Gasteiger partial charge in [0.2, 0.25) is 0 Å². The average Bonchev–Trinajstić information content (AvgIpc) is 2.89. The number of carbonyl (C=O) groups excluding carboxylic acids is 1. The number of likely N-dealkylation sites (tertiary alicyclic amines) is 1. The third-order valence-corrected chi connectivity index (χ3v) is 5.65. The van der Waals surface area contributed by atoms with E-state index in [9.17, 15) is 4.79 Å². The van der Waals surface area contributed by atoms with E-state index in [1.54, 1.807) is 0 Å². The van der Waals surface area contributed by atoms with Crippen molar-refractivity contribution in [3.05, 3.63) is 43.5 Å². The molecule has 1 saturated heterocycles. The lowest BCUT2D eigenvalue weighted by molar-refractivity contribution is 0.0702. The van der Waals surface area contributed by atoms with Crippen LogP contribution in [0.4, 0.5) is 0 Å². The van der Waals surface area contributed by atoms with Gasteiger partial charge in [-0.15, -0.1) is 0 Å². The first-order valence-electron chi connectivity index (χ1n) is 7.64. The highest BCUT2D eigenvalue weighted by atomic mass is 127. The molecule has 1 aromatic carbocycles. The summed E-state index contributed by atoms with van der Waals surface area (Å²) < 4.78 is 3.53. The number of halogens is 1. The van der Waals surface area contributed by atoms with Crippen LogP contribution in [0.1, 0.15) is 40.5 Å². The summed E-state index contributed by atoms with van der Waals surface area (Å²) in [5.41, 5.74) is 1.90. The zero-order valence-electron chi connectivity index (χ0n) is 13.2. The van der Waals surface area contributed by atoms with Crippen molar-refractivity contribution in [3.8, 4) is 0 Å². The standard InChI is InChI=1S/C16H19IN4OS/c1-10-5-6-13(17)12(8-10)15(22)21-7-3-4-11(9-21)14-18-19-16(23)20(14)2/h5-6,8,11H,3-4,7,9H2,1-2H3,(H,19,23)/t11-/m1/s1. The number of aromatic nitrogens is 3. The highest BCUT2D eigenvalue weighted by molar-refractivity contribution is 14.1. The van der Waals surface area contributed by atoms with Gasteiger partial charge in [-0.1, -0.05) is 11.6 Å². The van der Waals surface area contributed by atoms with Crippen molar-refractivity contribution in [1.82, 2.24) is 19.7 Å². The van der Waals surface area contributed by atoms with Crippen molar-refractivity contribution < 1.29 is 4.79 Å². The number of H-pyrrole nitrogens is 1. The minimum absolute atomic E-state index is 0.111. The van der Waals surface area contributed by atoms with E-state index in [0.717, 1.165) is 39.9 Å². The fourth-order valence-corrected chi connectivity index (χ4v) is 3.78. The Hall–Kier alpha value is -1.22. The van der Waals surface area contributed by atoms with Gasteiger partial charge >= 0.3 is 0 Å². The molecule has 1 aliphatic rings. The summed E-state index contributed by atoms with van der Waals surface area (Å²) in [7, 11) is 1.92. The van der Waals surface area contributed by atoms with E-state index >= 15 is 0 Å². The molecule has 23 heavy (non-hydrogen) atoms. The Balaban J connectivity index is 1.83. The summed E-state index contributed by atoms with van der Waals surface area (Å²) in [4.78, 5) is 14.9. The lowest BCUT2D eigenvalue weighted by Gasteiger charge is -2.32. The Morgan fingerprint density at radius 2 is 2.26 bits per heavy atom. The van der Waals surface area contributed by atoms with Crippen LogP contribution in [0.25, 0.3) is 0 Å². The van der Waals surface area contributed by atoms with Gasteiger partial charge in [0.1, 0.15) is 5.82 Å². The van der Waals surface area contributed by atoms with E-state index in [2.05, 4.69) is 32.8 Å². The molecule has 1 amide bonds. The molecular formula is C16H19IN4OS. The summed E-state index contributed by atoms with van der Waals surface area (Å²) in [6, 6.07) is 6.01. The van der Waals surface area contributed by atoms with Crippen molar-refractivity contribution >= 4 is 40.7 Å². The molecule has 1 N–H and O–H groups in total. The van der Waals surface area contributed by atoms with Crippen LogP contribution >= 0.6 is 34.8 Å². The second kappa shape index (κ2) is 6.72. The van der Waals surface area contributed by atoms with E-state index in [1.165, 1.54) is 0 Å². The molecule has 1 aliphatic heterocycles. The van der Waals surface area contributed by atoms with E-state index in [1.807, 2.05) is 41.6 Å². The van der Waals surface area contributed by atoms with Gasteiger partial charge in [-0.2, -0.15) is 5.10 Å². The number of aryl methyl sites for hydroxylation is 1. The summed E-state index contributed by atoms with van der Waals surface area (Å²) in [6.45, 7) is 3.51. The SMILES string of the molecule is Cc1ccc(I)c(C(=O)N2CCC[C@@H](c3n[nH]c(=S)n3C)C2)c1. The molecule has 5 nitrogen and oxygen atoms in total. The Labute approximate surface area is 154 Å². The number of nitrogens with one attached hydrogen (secondary N) is 1. The molecule has 1 aromatic heterocycles. The lowest BCUT2D eigenvalue weighted by atomic mass is 9.96. The Bertz CT molecular complexity index is 798. The molecule has 7 heteroatoms. The number of nitrogens with zero attached hydrogens (tertiary/aromatic N) is 3. The molecule has 122 valence electrons. The Kier molecular flexibility index (Phi) is 4.86. The fourth-order valence-electron chi connectivity index (χ4n) is 3.07. The van der Waals surface area contributed by atoms with Crippen molar-refractivity contribution in [3.63, 3.8) is 0 Å². The number of benzene rings is 1. The quantitative estimate of drug-likeness (QED) is 0.573. The third kappa shape index (κ3) is 3.35. The van der Waals surface area contributed by atoms with Crippen molar-refractivity contribution in [2.24, 2.45) is 7.05 Å². The number of amides is 1. The summed E-state index contributed by atoms with van der Waals surface area (Å²) in [5, 5.41) is 7.18. The number of aromatic amines is 1. The highest BCUT2D eigenvalue weighted by Crippen LogP contribution is 2.27. The van der Waals surface area contributed by atoms with Crippen LogP contribution in [0.15, 0.2) is 18.2 Å². The summed E-state index contributed by atoms with van der Waals surface area (Å²) >= 11 is 7.43. The molecule has 3 rings (SSSR count). The Morgan fingerprint density at radius 1 is 1.48 bits per heavy atom. The van der Waals surface area contributed by atoms with Crippen LogP contribution in [-0.2, 0) is 7.05 Å². The first-order chi connectivity index (χ1) is 11.0. The second-order valence-corrected chi connectivity index (χ2v) is 7.57. The van der Waals surface area contributed by atoms with E-state index in [0.29, 0.717) is 11.3 Å². The fraction of sp³-hybridized carbons (Fsp3) is 0.438. The van der Waals surface area contributed by atoms with Crippen LogP contribution in [0.5, 0.6) is 0 Å². The normalized spacial score (nSPS) is 18.2. The van der Waals surface area contributed by atoms with Gasteiger partial charge in [0, 0.05) is 29.6 Å². The predicted octanol–water partition coefficient (Wildman–Crippen LogP) is 3.41. The van der Waals surface area contributed by atoms with Crippen LogP contribution in [0, 0.1) is 15.3 Å². The van der Waals surface area contributed by atoms with Crippen LogP contribution in [0.3, 0.4) is 0 Å². The van der Waals surface area contributed by atoms with Gasteiger partial charge in [0.05, 0.1) is 5.56 Å². The zero-order chi connectivity index (χ0) is 16.6. The summed E-state index contributed by atoms with van der Waals surface area (Å²) in [5.74, 6) is 1.28. The van der Waals surface area contributed by atoms with Gasteiger partial charge in [-0.05, 0) is 66.7 Å². The molecule has 0 aliphatic carbocycles. The van der Waals surface area contributed by atoms with Gasteiger partial charge in [0.25, 0.3) is 5.91 Å². The Morgan fingerprint density at radius 3 is 2.96 bits per heavy atom. The van der Waals surface area contributed by atoms with Crippen LogP contribution in [0.2, 0.25) is 0 Å². The van der Waals surface area contributed by atoms with E-state index in [-0.39, 0.29) is 11.8 Å². The minimum Gasteiger partial charge on any atom is -0.338 e. The molecular weight excluding hydrogens is 423 g/mol. The van der Waals surface area contributed by atoms with Crippen molar-refractivity contribution in [2.75, 3.05) is 13.1 Å². The molecule has 1 fully saturated rings. The number of piperidine rings is 1. The predicted molar refractivity (Wildman–Crippen MR) is 100 cm³/mol. The van der Waals surface area contributed by atoms with Gasteiger partial charge in [-0.3, -0.25) is 9.89 Å². The number of rotatable bonds is 2. The zero-order valence-corrected chi connectivity index (χ0v) is 16.1. The first kappa shape index (κ1) is 16.6. The summed E-state index contributed by atoms with van der Waals surface area (Å²) in [6.07, 6.45) is 2.01. The minimum atomic E-state index is 0.111. The average molecular weight is 442 g/mol. The van der Waals surface area contributed by atoms with Crippen LogP contribution < -0.4 is 0 Å². The van der Waals surface area contributed by atoms with Crippen molar-refractivity contribution in [2.45, 2.75) is 25.7 Å². The second-order valence-electron chi connectivity index (χ2n) is 6.02. The maximum Gasteiger partial charge on any atom is 0.254 e. The molecule has 0 bridgehead atoms. The van der Waals surface area contributed by atoms with E-state index < -0.39 is 0 Å². The highest BCUT2D eigenvalue weighted by Gasteiger charge is 2.28. The van der Waals surface area contributed by atoms with Gasteiger partial charge in [0.15, 0.2) is 4.77 Å². The molecule has 1 atom stereocenters. The molecule has 2 heterocycles. The van der Waals surface area contributed by atoms with Gasteiger partial charge in [-0.25, -0.2) is 0 Å². The number of hydrogen-bond donors (Lipinski definition) is 1. The number of carbonyl (C=O) groups is 1. The molecule has 2 aromatic rings. The smallest absolute Gasteiger partial charge is 0.254 e. The topological polar surface area (TPSA) is 53.9 Å². The molecule has 0 unspecified atom stereocenters. The third-order valence-electron chi connectivity index (χ3n) is 4.34. The van der Waals surface area contributed by atoms with Crippen LogP contribution in [-0.4, -0.2) is 38.7 Å². The van der Waals surface area contributed by atoms with Gasteiger partial charge < -0.3 is 9.47 Å². The molecule has 0 saturated carbocycles. The maximum absolute atomic E-state index is 12.9. The van der Waals surface area contributed by atoms with E-state index in [4.69, 9.17) is 12.2 Å². The molecule has 0 spiro atoms. The first-order valence-corrected chi connectivity index (χ1v) is 9.13. The van der Waals surface area contributed by atoms with Crippen molar-refractivity contribution in [1.29, 1.82) is 0 Å². The largest absolute Gasteiger partial charge is 0.338 e. The monoisotopic (exact) mass is 442 g/mol. The number of hydrogen-bond acceptors (Lipinski definition) is 3. The molecule has 0 radical (unpaired) electrons. The maximum atomic E-state index is 12.9. The lowest BCUT2D eigenvalue weighted by Crippen LogP contribution is -2.40.